The van der Waals surface area contributed by atoms with E-state index in [9.17, 15) is 13.2 Å². The summed E-state index contributed by atoms with van der Waals surface area (Å²) in [5, 5.41) is 8.94. The largest absolute Gasteiger partial charge is 0.335 e. The Bertz CT molecular complexity index is 906. The van der Waals surface area contributed by atoms with Crippen molar-refractivity contribution < 1.29 is 13.2 Å². The van der Waals surface area contributed by atoms with Crippen molar-refractivity contribution in [2.75, 3.05) is 17.3 Å². The van der Waals surface area contributed by atoms with Crippen molar-refractivity contribution in [1.82, 2.24) is 19.5 Å². The molecule has 9 heteroatoms. The van der Waals surface area contributed by atoms with Crippen LogP contribution in [0.15, 0.2) is 29.6 Å². The monoisotopic (exact) mass is 394 g/mol. The molecule has 0 aromatic carbocycles. The molecule has 2 aromatic heterocycles. The average molecular weight is 395 g/mol. The number of rotatable bonds is 5. The van der Waals surface area contributed by atoms with Gasteiger partial charge >= 0.3 is 0 Å². The van der Waals surface area contributed by atoms with E-state index in [2.05, 4.69) is 10.2 Å². The fourth-order valence-electron chi connectivity index (χ4n) is 4.00. The molecule has 0 N–H and O–H groups in total. The molecule has 2 aromatic rings. The highest BCUT2D eigenvalue weighted by Crippen LogP contribution is 2.30. The van der Waals surface area contributed by atoms with Gasteiger partial charge in [-0.3, -0.25) is 9.20 Å². The summed E-state index contributed by atoms with van der Waals surface area (Å²) in [7, 11) is -3.02. The van der Waals surface area contributed by atoms with Gasteiger partial charge in [-0.25, -0.2) is 8.42 Å². The molecule has 1 aliphatic carbocycles. The lowest BCUT2D eigenvalue weighted by Crippen LogP contribution is -2.47. The summed E-state index contributed by atoms with van der Waals surface area (Å²) in [5.74, 6) is 0.559. The van der Waals surface area contributed by atoms with Crippen molar-refractivity contribution in [3.63, 3.8) is 0 Å². The normalized spacial score (nSPS) is 22.8. The number of carbonyl (C=O) groups is 1. The van der Waals surface area contributed by atoms with Crippen LogP contribution in [0.25, 0.3) is 5.65 Å². The van der Waals surface area contributed by atoms with E-state index in [1.54, 1.807) is 0 Å². The molecule has 2 aliphatic rings. The molecular formula is C17H22N4O3S2. The lowest BCUT2D eigenvalue weighted by atomic mass is 10.1. The third kappa shape index (κ3) is 3.59. The Kier molecular flexibility index (Phi) is 4.92. The molecule has 4 rings (SSSR count). The minimum absolute atomic E-state index is 0.0108. The number of hydrogen-bond donors (Lipinski definition) is 0. The van der Waals surface area contributed by atoms with Gasteiger partial charge < -0.3 is 4.90 Å². The lowest BCUT2D eigenvalue weighted by Gasteiger charge is -2.34. The highest BCUT2D eigenvalue weighted by Gasteiger charge is 2.38. The number of aromatic nitrogens is 3. The molecule has 1 amide bonds. The first-order valence-electron chi connectivity index (χ1n) is 8.98. The molecule has 0 spiro atoms. The molecule has 140 valence electrons. The predicted octanol–water partition coefficient (Wildman–Crippen LogP) is 1.78. The van der Waals surface area contributed by atoms with Crippen molar-refractivity contribution >= 4 is 33.2 Å². The van der Waals surface area contributed by atoms with Crippen LogP contribution in [0.4, 0.5) is 0 Å². The zero-order valence-corrected chi connectivity index (χ0v) is 16.1. The third-order valence-corrected chi connectivity index (χ3v) is 7.89. The summed E-state index contributed by atoms with van der Waals surface area (Å²) >= 11 is 1.36. The quantitative estimate of drug-likeness (QED) is 0.719. The molecule has 3 heterocycles. The van der Waals surface area contributed by atoms with Crippen molar-refractivity contribution in [2.24, 2.45) is 0 Å². The molecule has 1 saturated heterocycles. The number of sulfone groups is 1. The molecule has 2 fully saturated rings. The standard InChI is InChI=1S/C17H22N4O3S2/c22-16(11-25-17-19-18-15-7-3-4-9-20(15)17)21(13-5-1-2-6-13)14-8-10-26(23,24)12-14/h3-4,7,9,13-14H,1-2,5-6,8,10-12H2/t14-/m1/s1. The second-order valence-corrected chi connectivity index (χ2v) is 10.2. The van der Waals surface area contributed by atoms with Gasteiger partial charge in [-0.05, 0) is 31.4 Å². The van der Waals surface area contributed by atoms with Gasteiger partial charge in [0.2, 0.25) is 5.91 Å². The maximum atomic E-state index is 13.0. The fraction of sp³-hybridized carbons (Fsp3) is 0.588. The Morgan fingerprint density at radius 2 is 2.00 bits per heavy atom. The average Bonchev–Trinajstić information content (AvgIpc) is 3.34. The number of amides is 1. The van der Waals surface area contributed by atoms with Crippen LogP contribution in [0.1, 0.15) is 32.1 Å². The number of pyridine rings is 1. The maximum absolute atomic E-state index is 13.0. The van der Waals surface area contributed by atoms with E-state index < -0.39 is 9.84 Å². The first-order chi connectivity index (χ1) is 12.5. The summed E-state index contributed by atoms with van der Waals surface area (Å²) in [6.45, 7) is 0. The van der Waals surface area contributed by atoms with Crippen LogP contribution in [0.5, 0.6) is 0 Å². The zero-order chi connectivity index (χ0) is 18.1. The molecular weight excluding hydrogens is 372 g/mol. The molecule has 1 atom stereocenters. The van der Waals surface area contributed by atoms with Crippen molar-refractivity contribution in [1.29, 1.82) is 0 Å². The van der Waals surface area contributed by atoms with Crippen LogP contribution < -0.4 is 0 Å². The van der Waals surface area contributed by atoms with E-state index >= 15 is 0 Å². The van der Waals surface area contributed by atoms with Gasteiger partial charge in [0.15, 0.2) is 20.6 Å². The maximum Gasteiger partial charge on any atom is 0.233 e. The summed E-state index contributed by atoms with van der Waals surface area (Å²) in [6.07, 6.45) is 6.59. The Labute approximate surface area is 157 Å². The predicted molar refractivity (Wildman–Crippen MR) is 99.9 cm³/mol. The van der Waals surface area contributed by atoms with Crippen LogP contribution in [0.3, 0.4) is 0 Å². The molecule has 1 aliphatic heterocycles. The number of nitrogens with zero attached hydrogens (tertiary/aromatic N) is 4. The van der Waals surface area contributed by atoms with Crippen LogP contribution in [0, 0.1) is 0 Å². The minimum Gasteiger partial charge on any atom is -0.335 e. The summed E-state index contributed by atoms with van der Waals surface area (Å²) in [4.78, 5) is 14.9. The van der Waals surface area contributed by atoms with Gasteiger partial charge in [-0.15, -0.1) is 10.2 Å². The van der Waals surface area contributed by atoms with Crippen molar-refractivity contribution in [3.8, 4) is 0 Å². The summed E-state index contributed by atoms with van der Waals surface area (Å²) < 4.78 is 25.7. The Hall–Kier alpha value is -1.61. The number of fused-ring (bicyclic) bond motifs is 1. The number of carbonyl (C=O) groups excluding carboxylic acids is 1. The summed E-state index contributed by atoms with van der Waals surface area (Å²) in [5.41, 5.74) is 0.747. The van der Waals surface area contributed by atoms with Crippen LogP contribution >= 0.6 is 11.8 Å². The Morgan fingerprint density at radius 3 is 2.73 bits per heavy atom. The van der Waals surface area contributed by atoms with Gasteiger partial charge in [0, 0.05) is 18.3 Å². The van der Waals surface area contributed by atoms with Gasteiger partial charge in [0.1, 0.15) is 0 Å². The first kappa shape index (κ1) is 17.8. The fourth-order valence-corrected chi connectivity index (χ4v) is 6.51. The van der Waals surface area contributed by atoms with Crippen molar-refractivity contribution in [3.05, 3.63) is 24.4 Å². The second-order valence-electron chi connectivity index (χ2n) is 7.00. The van der Waals surface area contributed by atoms with Crippen LogP contribution in [0.2, 0.25) is 0 Å². The highest BCUT2D eigenvalue weighted by molar-refractivity contribution is 7.99. The van der Waals surface area contributed by atoms with E-state index in [1.807, 2.05) is 33.7 Å². The van der Waals surface area contributed by atoms with E-state index in [4.69, 9.17) is 0 Å². The second kappa shape index (κ2) is 7.19. The van der Waals surface area contributed by atoms with E-state index in [0.717, 1.165) is 31.3 Å². The van der Waals surface area contributed by atoms with Crippen LogP contribution in [-0.4, -0.2) is 63.2 Å². The SMILES string of the molecule is O=C(CSc1nnc2ccccn12)N(C1CCCC1)[C@@H]1CCS(=O)(=O)C1. The molecule has 26 heavy (non-hydrogen) atoms. The molecule has 1 saturated carbocycles. The van der Waals surface area contributed by atoms with E-state index in [-0.39, 0.29) is 35.2 Å². The van der Waals surface area contributed by atoms with Gasteiger partial charge in [0.05, 0.1) is 17.3 Å². The van der Waals surface area contributed by atoms with Gasteiger partial charge in [-0.2, -0.15) is 0 Å². The van der Waals surface area contributed by atoms with E-state index in [1.165, 1.54) is 11.8 Å². The topological polar surface area (TPSA) is 84.6 Å². The first-order valence-corrected chi connectivity index (χ1v) is 11.8. The molecule has 0 bridgehead atoms. The van der Waals surface area contributed by atoms with Crippen LogP contribution in [-0.2, 0) is 14.6 Å². The Balaban J connectivity index is 1.49. The Morgan fingerprint density at radius 1 is 1.19 bits per heavy atom. The van der Waals surface area contributed by atoms with Gasteiger partial charge in [0.25, 0.3) is 0 Å². The number of thioether (sulfide) groups is 1. The molecule has 7 nitrogen and oxygen atoms in total. The smallest absolute Gasteiger partial charge is 0.233 e. The van der Waals surface area contributed by atoms with Gasteiger partial charge in [-0.1, -0.05) is 30.7 Å². The summed E-state index contributed by atoms with van der Waals surface area (Å²) in [6, 6.07) is 5.66. The van der Waals surface area contributed by atoms with Crippen molar-refractivity contribution in [2.45, 2.75) is 49.3 Å². The minimum atomic E-state index is -3.02. The highest BCUT2D eigenvalue weighted by atomic mass is 32.2. The zero-order valence-electron chi connectivity index (χ0n) is 14.5. The van der Waals surface area contributed by atoms with E-state index in [0.29, 0.717) is 11.6 Å². The number of hydrogen-bond acceptors (Lipinski definition) is 6. The third-order valence-electron chi connectivity index (χ3n) is 5.22. The molecule has 0 unspecified atom stereocenters. The lowest BCUT2D eigenvalue weighted by molar-refractivity contribution is -0.132. The molecule has 0 radical (unpaired) electrons.